The Morgan fingerprint density at radius 1 is 0.240 bits per heavy atom. The molecule has 0 unspecified atom stereocenters. The quantitative estimate of drug-likeness (QED) is 0.161. The van der Waals surface area contributed by atoms with Crippen LogP contribution in [0.15, 0.2) is 259 Å². The molecule has 0 spiro atoms. The van der Waals surface area contributed by atoms with E-state index in [-0.39, 0.29) is 20.1 Å². The Labute approximate surface area is 462 Å². The number of hydrogen-bond donors (Lipinski definition) is 0. The lowest BCUT2D eigenvalue weighted by Crippen LogP contribution is -2.59. The molecular weight excluding hydrogens is 1020 g/mol. The van der Waals surface area contributed by atoms with Crippen LogP contribution in [0.1, 0.15) is 11.1 Å². The molecule has 11 aromatic carbocycles. The van der Waals surface area contributed by atoms with E-state index in [9.17, 15) is 0 Å². The van der Waals surface area contributed by atoms with Crippen molar-refractivity contribution >= 4 is 163 Å². The monoisotopic (exact) mass is 1050 g/mol. The van der Waals surface area contributed by atoms with Crippen LogP contribution in [-0.2, 0) is 0 Å². The third-order valence-corrected chi connectivity index (χ3v) is 23.8. The van der Waals surface area contributed by atoms with Crippen LogP contribution in [-0.4, -0.2) is 20.1 Å². The summed E-state index contributed by atoms with van der Waals surface area (Å²) in [7, 11) is 0. The summed E-state index contributed by atoms with van der Waals surface area (Å²) < 4.78 is 0. The van der Waals surface area contributed by atoms with Crippen LogP contribution >= 0.6 is 70.6 Å². The molecule has 7 aliphatic rings. The van der Waals surface area contributed by atoms with Gasteiger partial charge in [-0.05, 0) is 121 Å². The summed E-state index contributed by atoms with van der Waals surface area (Å²) in [5.41, 5.74) is 23.3. The second-order valence-electron chi connectivity index (χ2n) is 20.5. The molecule has 0 bridgehead atoms. The Morgan fingerprint density at radius 3 is 1.28 bits per heavy atom. The highest BCUT2D eigenvalue weighted by Crippen LogP contribution is 2.51. The maximum absolute atomic E-state index is 2.56. The topological polar surface area (TPSA) is 0 Å². The van der Waals surface area contributed by atoms with E-state index in [2.05, 4.69) is 212 Å². The lowest BCUT2D eigenvalue weighted by atomic mass is 9.35. The Balaban J connectivity index is 0.798. The summed E-state index contributed by atoms with van der Waals surface area (Å²) in [4.78, 5) is 16.6. The van der Waals surface area contributed by atoms with Gasteiger partial charge in [-0.3, -0.25) is 0 Å². The molecule has 0 saturated heterocycles. The molecular formula is C66H35B3S6. The van der Waals surface area contributed by atoms with Gasteiger partial charge in [0.2, 0.25) is 20.1 Å². The molecule has 344 valence electrons. The molecule has 6 heterocycles. The van der Waals surface area contributed by atoms with E-state index in [1.54, 1.807) is 0 Å². The van der Waals surface area contributed by atoms with Gasteiger partial charge in [0.25, 0.3) is 0 Å². The van der Waals surface area contributed by atoms with Crippen molar-refractivity contribution < 1.29 is 0 Å². The molecule has 0 N–H and O–H groups in total. The van der Waals surface area contributed by atoms with E-state index in [0.29, 0.717) is 0 Å². The fourth-order valence-electron chi connectivity index (χ4n) is 13.4. The Hall–Kier alpha value is -6.29. The first-order chi connectivity index (χ1) is 37.2. The standard InChI is InChI=1S/C66H35B3S6/c1-3-13-36(14-4-1)42-35-43(37-15-5-2-6-16-37)64-62-63(42)72-51-20-10-8-18-45(51)67(62)47-31-38(28-30-52(47)73-64)39-27-29-46-57(34-39)71-54-22-12-24-56-61(54)69(46)49-33-41-26-25-40-32-48-65(59(58(40)41)66(49)75-56)74-55-23-11-21-53-60(55)68(48)44-17-7-9-19-50(44)70-53/h1-35H. The molecule has 1 aliphatic carbocycles. The van der Waals surface area contributed by atoms with Crippen molar-refractivity contribution in [1.29, 1.82) is 0 Å². The zero-order valence-corrected chi connectivity index (χ0v) is 44.8. The lowest BCUT2D eigenvalue weighted by molar-refractivity contribution is 1.32. The Morgan fingerprint density at radius 2 is 0.680 bits per heavy atom. The highest BCUT2D eigenvalue weighted by atomic mass is 32.2. The first kappa shape index (κ1) is 42.9. The maximum atomic E-state index is 2.56. The van der Waals surface area contributed by atoms with Crippen molar-refractivity contribution in [2.45, 2.75) is 58.7 Å². The van der Waals surface area contributed by atoms with Gasteiger partial charge in [-0.1, -0.05) is 261 Å². The molecule has 0 aromatic heterocycles. The lowest BCUT2D eigenvalue weighted by Gasteiger charge is -2.36. The van der Waals surface area contributed by atoms with Crippen LogP contribution in [0, 0.1) is 0 Å². The predicted octanol–water partition coefficient (Wildman–Crippen LogP) is 12.7. The van der Waals surface area contributed by atoms with Gasteiger partial charge in [0.1, 0.15) is 0 Å². The Kier molecular flexibility index (Phi) is 9.22. The number of rotatable bonds is 3. The minimum atomic E-state index is 0.107. The van der Waals surface area contributed by atoms with E-state index in [4.69, 9.17) is 0 Å². The van der Waals surface area contributed by atoms with Gasteiger partial charge >= 0.3 is 0 Å². The predicted molar refractivity (Wildman–Crippen MR) is 327 cm³/mol. The van der Waals surface area contributed by atoms with Crippen LogP contribution in [0.3, 0.4) is 0 Å². The van der Waals surface area contributed by atoms with Crippen LogP contribution in [0.2, 0.25) is 0 Å². The van der Waals surface area contributed by atoms with E-state index in [1.165, 1.54) is 163 Å². The molecule has 0 atom stereocenters. The van der Waals surface area contributed by atoms with Crippen LogP contribution < -0.4 is 49.2 Å². The minimum absolute atomic E-state index is 0.107. The third kappa shape index (κ3) is 6.11. The van der Waals surface area contributed by atoms with Crippen molar-refractivity contribution in [3.8, 4) is 33.4 Å². The van der Waals surface area contributed by atoms with Crippen LogP contribution in [0.5, 0.6) is 0 Å². The summed E-state index contributed by atoms with van der Waals surface area (Å²) in [5, 5.41) is 2.86. The van der Waals surface area contributed by atoms with E-state index in [0.717, 1.165) is 0 Å². The summed E-state index contributed by atoms with van der Waals surface area (Å²) >= 11 is 11.8. The summed E-state index contributed by atoms with van der Waals surface area (Å²) in [6.45, 7) is 0.450. The number of benzene rings is 11. The van der Waals surface area contributed by atoms with Gasteiger partial charge in [0, 0.05) is 64.1 Å². The number of hydrogen-bond acceptors (Lipinski definition) is 6. The zero-order valence-electron chi connectivity index (χ0n) is 39.9. The van der Waals surface area contributed by atoms with E-state index >= 15 is 0 Å². The first-order valence-corrected chi connectivity index (χ1v) is 30.5. The van der Waals surface area contributed by atoms with Gasteiger partial charge in [-0.15, -0.1) is 0 Å². The molecule has 9 heteroatoms. The molecule has 0 fully saturated rings. The van der Waals surface area contributed by atoms with Crippen LogP contribution in [0.25, 0.3) is 56.3 Å². The molecule has 0 radical (unpaired) electrons. The highest BCUT2D eigenvalue weighted by molar-refractivity contribution is 8.03. The Bertz CT molecular complexity index is 4400. The molecule has 18 rings (SSSR count). The van der Waals surface area contributed by atoms with Gasteiger partial charge in [-0.25, -0.2) is 0 Å². The first-order valence-electron chi connectivity index (χ1n) is 25.6. The van der Waals surface area contributed by atoms with Gasteiger partial charge < -0.3 is 0 Å². The van der Waals surface area contributed by atoms with Crippen molar-refractivity contribution in [3.63, 3.8) is 0 Å². The second kappa shape index (κ2) is 16.1. The smallest absolute Gasteiger partial charge is 0.0911 e. The molecule has 6 aliphatic heterocycles. The molecule has 11 aromatic rings. The maximum Gasteiger partial charge on any atom is 0.247 e. The normalized spacial score (nSPS) is 14.7. The van der Waals surface area contributed by atoms with Gasteiger partial charge in [0.15, 0.2) is 0 Å². The zero-order chi connectivity index (χ0) is 48.6. The number of fused-ring (bicyclic) bond motifs is 14. The molecule has 0 saturated carbocycles. The summed E-state index contributed by atoms with van der Waals surface area (Å²) in [6, 6.07) is 76.8. The average Bonchev–Trinajstić information content (AvgIpc) is 3.89. The fraction of sp³-hybridized carbons (Fsp3) is 0. The van der Waals surface area contributed by atoms with E-state index < -0.39 is 0 Å². The summed E-state index contributed by atoms with van der Waals surface area (Å²) in [6.07, 6.45) is 4.79. The van der Waals surface area contributed by atoms with E-state index in [1.807, 2.05) is 70.6 Å². The van der Waals surface area contributed by atoms with Crippen molar-refractivity contribution in [3.05, 3.63) is 211 Å². The summed E-state index contributed by atoms with van der Waals surface area (Å²) in [5.74, 6) is 0. The second-order valence-corrected chi connectivity index (χ2v) is 26.8. The van der Waals surface area contributed by atoms with Crippen molar-refractivity contribution in [2.24, 2.45) is 0 Å². The minimum Gasteiger partial charge on any atom is -0.0911 e. The molecule has 0 amide bonds. The highest BCUT2D eigenvalue weighted by Gasteiger charge is 2.45. The fourth-order valence-corrected chi connectivity index (χ4v) is 21.2. The van der Waals surface area contributed by atoms with Crippen molar-refractivity contribution in [2.75, 3.05) is 0 Å². The van der Waals surface area contributed by atoms with Crippen LogP contribution in [0.4, 0.5) is 0 Å². The SMILES string of the molecule is C1=Cc2cc3c(c4c5c(cc1c24)B1c2ccccc2Sc2cccc(c21)S5)Sc1cccc2c1B3c1ccc(-c3ccc4c(c3)B3c5ccccc5Sc5c(-c6ccccc6)cc(-c6ccccc6)c(c53)S4)cc1S2. The van der Waals surface area contributed by atoms with Gasteiger partial charge in [-0.2, -0.15) is 0 Å². The van der Waals surface area contributed by atoms with Gasteiger partial charge in [0.05, 0.1) is 0 Å². The third-order valence-electron chi connectivity index (χ3n) is 16.6. The average molecular weight is 1050 g/mol. The largest absolute Gasteiger partial charge is 0.247 e. The molecule has 0 nitrogen and oxygen atoms in total. The van der Waals surface area contributed by atoms with Crippen molar-refractivity contribution in [1.82, 2.24) is 0 Å². The molecule has 75 heavy (non-hydrogen) atoms.